The molecular weight excluding hydrogens is 550 g/mol. The summed E-state index contributed by atoms with van der Waals surface area (Å²) < 4.78 is 11.7. The molecule has 0 radical (unpaired) electrons. The highest BCUT2D eigenvalue weighted by atomic mass is 16.5. The first-order valence-corrected chi connectivity index (χ1v) is 16.2. The Hall–Kier alpha value is -3.58. The van der Waals surface area contributed by atoms with Gasteiger partial charge in [-0.2, -0.15) is 0 Å². The Morgan fingerprint density at radius 3 is 2.20 bits per heavy atom. The van der Waals surface area contributed by atoms with Gasteiger partial charge in [-0.1, -0.05) is 104 Å². The molecule has 6 nitrogen and oxygen atoms in total. The molecule has 1 saturated carbocycles. The molecule has 3 aromatic carbocycles. The molecule has 0 spiro atoms. The fourth-order valence-electron chi connectivity index (χ4n) is 6.61. The monoisotopic (exact) mass is 595 g/mol. The predicted octanol–water partition coefficient (Wildman–Crippen LogP) is 7.02. The molecule has 2 aliphatic rings. The minimum atomic E-state index is -0.388. The predicted molar refractivity (Wildman–Crippen MR) is 173 cm³/mol. The van der Waals surface area contributed by atoms with Gasteiger partial charge in [0.05, 0.1) is 18.8 Å². The SMILES string of the molecule is O=C(CC/C=C\CC[C@@H]1[C@@H](N2CCCCC2)[C@@H](O)C[C@@H]1OCc1ccc(-c2ccccc2)cc1)OCC(=O)c1ccccc1. The van der Waals surface area contributed by atoms with Crippen molar-refractivity contribution < 1.29 is 24.2 Å². The molecule has 232 valence electrons. The molecule has 6 heteroatoms. The van der Waals surface area contributed by atoms with E-state index in [1.54, 1.807) is 24.3 Å². The van der Waals surface area contributed by atoms with E-state index in [1.807, 2.05) is 18.2 Å². The normalized spacial score (nSPS) is 22.3. The first kappa shape index (κ1) is 31.8. The Balaban J connectivity index is 1.11. The highest BCUT2D eigenvalue weighted by Crippen LogP contribution is 2.38. The lowest BCUT2D eigenvalue weighted by Gasteiger charge is -2.38. The van der Waals surface area contributed by atoms with Crippen LogP contribution >= 0.6 is 0 Å². The molecule has 2 fully saturated rings. The molecular formula is C38H45NO5. The fraction of sp³-hybridized carbons (Fsp3) is 0.421. The number of ketones is 1. The van der Waals surface area contributed by atoms with Crippen molar-refractivity contribution in [3.05, 3.63) is 108 Å². The molecule has 44 heavy (non-hydrogen) atoms. The molecule has 0 aromatic heterocycles. The summed E-state index contributed by atoms with van der Waals surface area (Å²) in [4.78, 5) is 26.8. The smallest absolute Gasteiger partial charge is 0.306 e. The van der Waals surface area contributed by atoms with Gasteiger partial charge < -0.3 is 14.6 Å². The van der Waals surface area contributed by atoms with Crippen LogP contribution in [0.5, 0.6) is 0 Å². The van der Waals surface area contributed by atoms with Crippen molar-refractivity contribution in [3.63, 3.8) is 0 Å². The zero-order valence-corrected chi connectivity index (χ0v) is 25.6. The summed E-state index contributed by atoms with van der Waals surface area (Å²) in [6, 6.07) is 27.9. The second kappa shape index (κ2) is 16.5. The first-order chi connectivity index (χ1) is 21.6. The van der Waals surface area contributed by atoms with Crippen molar-refractivity contribution in [2.75, 3.05) is 19.7 Å². The van der Waals surface area contributed by atoms with E-state index >= 15 is 0 Å². The second-order valence-electron chi connectivity index (χ2n) is 12.0. The van der Waals surface area contributed by atoms with Crippen LogP contribution in [0, 0.1) is 5.92 Å². The van der Waals surface area contributed by atoms with E-state index in [4.69, 9.17) is 9.47 Å². The minimum absolute atomic E-state index is 0.00347. The van der Waals surface area contributed by atoms with Gasteiger partial charge in [0, 0.05) is 30.4 Å². The van der Waals surface area contributed by atoms with Crippen molar-refractivity contribution in [1.29, 1.82) is 0 Å². The number of likely N-dealkylation sites (tertiary alicyclic amines) is 1. The quantitative estimate of drug-likeness (QED) is 0.123. The summed E-state index contributed by atoms with van der Waals surface area (Å²) in [6.45, 7) is 2.38. The highest BCUT2D eigenvalue weighted by Gasteiger charge is 2.45. The number of allylic oxidation sites excluding steroid dienone is 2. The zero-order chi connectivity index (χ0) is 30.6. The number of aliphatic hydroxyl groups excluding tert-OH is 1. The zero-order valence-electron chi connectivity index (χ0n) is 25.6. The maximum absolute atomic E-state index is 12.2. The van der Waals surface area contributed by atoms with Crippen LogP contribution in [0.3, 0.4) is 0 Å². The Morgan fingerprint density at radius 2 is 1.48 bits per heavy atom. The summed E-state index contributed by atoms with van der Waals surface area (Å²) in [7, 11) is 0. The number of ether oxygens (including phenoxy) is 2. The van der Waals surface area contributed by atoms with Gasteiger partial charge in [0.15, 0.2) is 12.4 Å². The van der Waals surface area contributed by atoms with Gasteiger partial charge in [-0.3, -0.25) is 14.5 Å². The molecule has 0 amide bonds. The van der Waals surface area contributed by atoms with Crippen LogP contribution in [0.25, 0.3) is 11.1 Å². The average Bonchev–Trinajstić information content (AvgIpc) is 3.39. The van der Waals surface area contributed by atoms with Gasteiger partial charge >= 0.3 is 5.97 Å². The highest BCUT2D eigenvalue weighted by molar-refractivity contribution is 5.97. The molecule has 1 aliphatic heterocycles. The van der Waals surface area contributed by atoms with Gasteiger partial charge in [-0.05, 0) is 61.9 Å². The number of Topliss-reactive ketones (excluding diaryl/α,β-unsaturated/α-hetero) is 1. The van der Waals surface area contributed by atoms with Crippen LogP contribution in [-0.4, -0.2) is 59.7 Å². The number of piperidine rings is 1. The van der Waals surface area contributed by atoms with Crippen molar-refractivity contribution in [2.45, 2.75) is 76.2 Å². The Kier molecular flexibility index (Phi) is 11.9. The Morgan fingerprint density at radius 1 is 0.818 bits per heavy atom. The summed E-state index contributed by atoms with van der Waals surface area (Å²) in [6.07, 6.45) is 10.6. The third-order valence-electron chi connectivity index (χ3n) is 8.93. The van der Waals surface area contributed by atoms with Crippen LogP contribution in [0.15, 0.2) is 97.1 Å². The lowest BCUT2D eigenvalue weighted by atomic mass is 9.92. The standard InChI is InChI=1S/C38H45NO5/c40-34-26-36(43-27-29-20-22-31(23-21-29)30-14-6-3-7-15-30)33(38(34)39-24-12-5-13-25-39)18-10-1-2-11-19-37(42)44-28-35(41)32-16-8-4-9-17-32/h1-4,6-9,14-17,20-23,33-34,36,38,40H,5,10-13,18-19,24-28H2/b2-1-/t33-,34-,36-,38+/m0/s1. The van der Waals surface area contributed by atoms with Gasteiger partial charge in [0.25, 0.3) is 0 Å². The molecule has 5 rings (SSSR count). The summed E-state index contributed by atoms with van der Waals surface area (Å²) in [5.74, 6) is -0.323. The number of carbonyl (C=O) groups is 2. The van der Waals surface area contributed by atoms with Gasteiger partial charge in [0.1, 0.15) is 0 Å². The van der Waals surface area contributed by atoms with E-state index in [0.717, 1.165) is 31.5 Å². The van der Waals surface area contributed by atoms with Crippen molar-refractivity contribution in [2.24, 2.45) is 5.92 Å². The van der Waals surface area contributed by atoms with E-state index in [9.17, 15) is 14.7 Å². The fourth-order valence-corrected chi connectivity index (χ4v) is 6.61. The molecule has 3 aromatic rings. The van der Waals surface area contributed by atoms with Crippen LogP contribution in [0.1, 0.15) is 67.3 Å². The number of esters is 1. The molecule has 1 saturated heterocycles. The van der Waals surface area contributed by atoms with Crippen molar-refractivity contribution in [3.8, 4) is 11.1 Å². The molecule has 0 bridgehead atoms. The van der Waals surface area contributed by atoms with Crippen LogP contribution in [0.2, 0.25) is 0 Å². The number of rotatable bonds is 14. The lowest BCUT2D eigenvalue weighted by molar-refractivity contribution is -0.142. The Bertz CT molecular complexity index is 1330. The van der Waals surface area contributed by atoms with Gasteiger partial charge in [-0.25, -0.2) is 0 Å². The van der Waals surface area contributed by atoms with Crippen LogP contribution < -0.4 is 0 Å². The maximum Gasteiger partial charge on any atom is 0.306 e. The lowest BCUT2D eigenvalue weighted by Crippen LogP contribution is -2.47. The number of hydrogen-bond donors (Lipinski definition) is 1. The van der Waals surface area contributed by atoms with Crippen LogP contribution in [-0.2, 0) is 20.9 Å². The molecule has 1 heterocycles. The molecule has 1 aliphatic carbocycles. The minimum Gasteiger partial charge on any atom is -0.457 e. The average molecular weight is 596 g/mol. The van der Waals surface area contributed by atoms with Crippen molar-refractivity contribution in [1.82, 2.24) is 4.90 Å². The van der Waals surface area contributed by atoms with E-state index in [1.165, 1.54) is 30.4 Å². The summed E-state index contributed by atoms with van der Waals surface area (Å²) in [5, 5.41) is 11.2. The van der Waals surface area contributed by atoms with E-state index < -0.39 is 0 Å². The van der Waals surface area contributed by atoms with E-state index in [2.05, 4.69) is 59.5 Å². The van der Waals surface area contributed by atoms with Crippen molar-refractivity contribution >= 4 is 11.8 Å². The summed E-state index contributed by atoms with van der Waals surface area (Å²) in [5.41, 5.74) is 4.07. The van der Waals surface area contributed by atoms with E-state index in [0.29, 0.717) is 25.0 Å². The molecule has 4 atom stereocenters. The number of carbonyl (C=O) groups excluding carboxylic acids is 2. The topological polar surface area (TPSA) is 76.1 Å². The molecule has 1 N–H and O–H groups in total. The number of hydrogen-bond acceptors (Lipinski definition) is 6. The largest absolute Gasteiger partial charge is 0.457 e. The summed E-state index contributed by atoms with van der Waals surface area (Å²) >= 11 is 0. The van der Waals surface area contributed by atoms with Gasteiger partial charge in [-0.15, -0.1) is 0 Å². The van der Waals surface area contributed by atoms with E-state index in [-0.39, 0.29) is 48.9 Å². The van der Waals surface area contributed by atoms with Gasteiger partial charge in [0.2, 0.25) is 0 Å². The number of benzene rings is 3. The molecule has 0 unspecified atom stereocenters. The number of aliphatic hydroxyl groups is 1. The first-order valence-electron chi connectivity index (χ1n) is 16.2. The number of nitrogens with zero attached hydrogens (tertiary/aromatic N) is 1. The third-order valence-corrected chi connectivity index (χ3v) is 8.93. The third kappa shape index (κ3) is 8.98. The van der Waals surface area contributed by atoms with Crippen LogP contribution in [0.4, 0.5) is 0 Å². The maximum atomic E-state index is 12.2. The Labute approximate surface area is 261 Å². The second-order valence-corrected chi connectivity index (χ2v) is 12.0.